The van der Waals surface area contributed by atoms with E-state index in [0.717, 1.165) is 6.33 Å². The highest BCUT2D eigenvalue weighted by molar-refractivity contribution is 5.88. The number of aromatic nitrogens is 4. The minimum absolute atomic E-state index is 0.0821. The first-order valence-electron chi connectivity index (χ1n) is 6.27. The quantitative estimate of drug-likeness (QED) is 0.698. The Balaban J connectivity index is 1.90. The number of nitrogens with one attached hydrogen (secondary N) is 2. The summed E-state index contributed by atoms with van der Waals surface area (Å²) in [7, 11) is 1.48. The van der Waals surface area contributed by atoms with Crippen molar-refractivity contribution in [2.24, 2.45) is 5.73 Å². The van der Waals surface area contributed by atoms with Gasteiger partial charge in [-0.15, -0.1) is 0 Å². The van der Waals surface area contributed by atoms with E-state index in [4.69, 9.17) is 10.5 Å². The van der Waals surface area contributed by atoms with Crippen LogP contribution < -0.4 is 25.8 Å². The molecule has 3 amide bonds. The third-order valence-electron chi connectivity index (χ3n) is 2.38. The lowest BCUT2D eigenvalue weighted by molar-refractivity contribution is 0.209. The maximum atomic E-state index is 11.8. The van der Waals surface area contributed by atoms with E-state index < -0.39 is 12.1 Å². The summed E-state index contributed by atoms with van der Waals surface area (Å²) in [5, 5.41) is 4.97. The minimum Gasteiger partial charge on any atom is -0.481 e. The van der Waals surface area contributed by atoms with Gasteiger partial charge < -0.3 is 20.5 Å². The van der Waals surface area contributed by atoms with Crippen molar-refractivity contribution < 1.29 is 19.1 Å². The van der Waals surface area contributed by atoms with E-state index in [1.807, 2.05) is 0 Å². The van der Waals surface area contributed by atoms with Crippen LogP contribution in [0.3, 0.4) is 0 Å². The van der Waals surface area contributed by atoms with E-state index in [2.05, 4.69) is 35.3 Å². The molecule has 0 aromatic carbocycles. The first-order valence-corrected chi connectivity index (χ1v) is 6.27. The largest absolute Gasteiger partial charge is 0.481 e. The lowest BCUT2D eigenvalue weighted by atomic mass is 10.5. The zero-order chi connectivity index (χ0) is 16.7. The molecule has 0 saturated heterocycles. The van der Waals surface area contributed by atoms with Gasteiger partial charge in [-0.25, -0.2) is 24.5 Å². The molecule has 2 rings (SSSR count). The molecule has 2 heterocycles. The number of primary amides is 1. The second-order valence-electron chi connectivity index (χ2n) is 3.99. The van der Waals surface area contributed by atoms with Crippen molar-refractivity contribution in [1.29, 1.82) is 0 Å². The topological polar surface area (TPSA) is 154 Å². The van der Waals surface area contributed by atoms with Gasteiger partial charge in [0.25, 0.3) is 0 Å². The number of methoxy groups -OCH3 is 1. The smallest absolute Gasteiger partial charge is 0.411 e. The van der Waals surface area contributed by atoms with E-state index in [0.29, 0.717) is 11.7 Å². The van der Waals surface area contributed by atoms with E-state index >= 15 is 0 Å². The lowest BCUT2D eigenvalue weighted by Gasteiger charge is -2.07. The van der Waals surface area contributed by atoms with Gasteiger partial charge in [0.05, 0.1) is 13.7 Å². The molecule has 0 spiro atoms. The summed E-state index contributed by atoms with van der Waals surface area (Å²) in [4.78, 5) is 37.9. The second kappa shape index (κ2) is 7.49. The molecule has 0 radical (unpaired) electrons. The Hall–Kier alpha value is -3.50. The van der Waals surface area contributed by atoms with Gasteiger partial charge in [-0.2, -0.15) is 4.98 Å². The molecular formula is C12H13N7O4. The zero-order valence-corrected chi connectivity index (χ0v) is 12.0. The molecule has 0 aliphatic heterocycles. The average Bonchev–Trinajstić information content (AvgIpc) is 2.53. The number of nitrogens with two attached hydrogens (primary N) is 1. The summed E-state index contributed by atoms with van der Waals surface area (Å²) in [6, 6.07) is 2.28. The molecule has 0 fully saturated rings. The highest BCUT2D eigenvalue weighted by atomic mass is 16.6. The monoisotopic (exact) mass is 319 g/mol. The van der Waals surface area contributed by atoms with Gasteiger partial charge in [0.1, 0.15) is 12.1 Å². The molecule has 4 N–H and O–H groups in total. The van der Waals surface area contributed by atoms with Crippen molar-refractivity contribution in [1.82, 2.24) is 25.3 Å². The van der Waals surface area contributed by atoms with Gasteiger partial charge in [-0.05, 0) is 0 Å². The first kappa shape index (κ1) is 15.9. The van der Waals surface area contributed by atoms with Crippen LogP contribution in [0.1, 0.15) is 5.82 Å². The van der Waals surface area contributed by atoms with Crippen LogP contribution in [-0.2, 0) is 6.54 Å². The highest BCUT2D eigenvalue weighted by Gasteiger charge is 2.07. The van der Waals surface area contributed by atoms with Crippen LogP contribution >= 0.6 is 0 Å². The van der Waals surface area contributed by atoms with Gasteiger partial charge >= 0.3 is 12.1 Å². The number of amides is 3. The number of hydrogen-bond acceptors (Lipinski definition) is 8. The number of rotatable bonds is 5. The fourth-order valence-electron chi connectivity index (χ4n) is 1.47. The minimum atomic E-state index is -1.02. The SMILES string of the molecule is COc1ccnc(CNC(=O)Nc2cc(OC(N)=O)ncn2)n1. The number of carbonyl (C=O) groups is 2. The number of nitrogens with zero attached hydrogens (tertiary/aromatic N) is 4. The van der Waals surface area contributed by atoms with Crippen LogP contribution in [0.25, 0.3) is 0 Å². The molecule has 23 heavy (non-hydrogen) atoms. The summed E-state index contributed by atoms with van der Waals surface area (Å²) in [5.74, 6) is 0.806. The van der Waals surface area contributed by atoms with Crippen molar-refractivity contribution in [2.45, 2.75) is 6.54 Å². The number of hydrogen-bond donors (Lipinski definition) is 3. The predicted octanol–water partition coefficient (Wildman–Crippen LogP) is 0.0544. The van der Waals surface area contributed by atoms with Crippen molar-refractivity contribution in [3.05, 3.63) is 30.5 Å². The standard InChI is InChI=1S/C12H13N7O4/c1-22-9-2-3-14-8(18-9)5-15-12(21)19-7-4-10(17-6-16-7)23-11(13)20/h2-4,6H,5H2,1H3,(H2,13,20)(H2,15,16,17,19,21). The Kier molecular flexibility index (Phi) is 5.17. The Labute approximate surface area is 130 Å². The van der Waals surface area contributed by atoms with Crippen molar-refractivity contribution >= 4 is 17.9 Å². The normalized spacial score (nSPS) is 9.78. The van der Waals surface area contributed by atoms with Crippen molar-refractivity contribution in [3.63, 3.8) is 0 Å². The zero-order valence-electron chi connectivity index (χ0n) is 12.0. The van der Waals surface area contributed by atoms with Crippen LogP contribution in [0, 0.1) is 0 Å². The van der Waals surface area contributed by atoms with Gasteiger partial charge in [0, 0.05) is 18.3 Å². The summed E-state index contributed by atoms with van der Waals surface area (Å²) in [6.45, 7) is 0.0821. The van der Waals surface area contributed by atoms with Crippen molar-refractivity contribution in [3.8, 4) is 11.8 Å². The molecule has 0 aliphatic rings. The van der Waals surface area contributed by atoms with Gasteiger partial charge in [-0.1, -0.05) is 0 Å². The Morgan fingerprint density at radius 1 is 1.26 bits per heavy atom. The molecule has 120 valence electrons. The average molecular weight is 319 g/mol. The van der Waals surface area contributed by atoms with Crippen LogP contribution in [0.15, 0.2) is 24.7 Å². The van der Waals surface area contributed by atoms with Crippen LogP contribution in [-0.4, -0.2) is 39.2 Å². The van der Waals surface area contributed by atoms with Crippen LogP contribution in [0.5, 0.6) is 11.8 Å². The summed E-state index contributed by atoms with van der Waals surface area (Å²) in [5.41, 5.74) is 4.87. The predicted molar refractivity (Wildman–Crippen MR) is 76.7 cm³/mol. The summed E-state index contributed by atoms with van der Waals surface area (Å²) in [6.07, 6.45) is 1.60. The number of anilines is 1. The number of urea groups is 1. The highest BCUT2D eigenvalue weighted by Crippen LogP contribution is 2.10. The molecule has 0 saturated carbocycles. The maximum Gasteiger partial charge on any atom is 0.411 e. The van der Waals surface area contributed by atoms with E-state index in [1.54, 1.807) is 6.07 Å². The fraction of sp³-hybridized carbons (Fsp3) is 0.167. The fourth-order valence-corrected chi connectivity index (χ4v) is 1.47. The molecule has 0 atom stereocenters. The number of carbonyl (C=O) groups excluding carboxylic acids is 2. The molecule has 0 unspecified atom stereocenters. The molecule has 2 aromatic rings. The van der Waals surface area contributed by atoms with Gasteiger partial charge in [-0.3, -0.25) is 5.32 Å². The molecule has 11 nitrogen and oxygen atoms in total. The van der Waals surface area contributed by atoms with E-state index in [-0.39, 0.29) is 18.2 Å². The molecule has 0 bridgehead atoms. The molecule has 0 aliphatic carbocycles. The Morgan fingerprint density at radius 2 is 2.09 bits per heavy atom. The summed E-state index contributed by atoms with van der Waals surface area (Å²) >= 11 is 0. The molecule has 2 aromatic heterocycles. The van der Waals surface area contributed by atoms with E-state index in [9.17, 15) is 9.59 Å². The molecular weight excluding hydrogens is 306 g/mol. The van der Waals surface area contributed by atoms with E-state index in [1.165, 1.54) is 19.4 Å². The Bertz CT molecular complexity index is 709. The maximum absolute atomic E-state index is 11.8. The van der Waals surface area contributed by atoms with Crippen LogP contribution in [0.2, 0.25) is 0 Å². The van der Waals surface area contributed by atoms with Crippen molar-refractivity contribution in [2.75, 3.05) is 12.4 Å². The summed E-state index contributed by atoms with van der Waals surface area (Å²) < 4.78 is 9.53. The number of ether oxygens (including phenoxy) is 2. The second-order valence-corrected chi connectivity index (χ2v) is 3.99. The van der Waals surface area contributed by atoms with Gasteiger partial charge in [0.2, 0.25) is 11.8 Å². The Morgan fingerprint density at radius 3 is 2.83 bits per heavy atom. The third-order valence-corrected chi connectivity index (χ3v) is 2.38. The molecule has 11 heteroatoms. The lowest BCUT2D eigenvalue weighted by Crippen LogP contribution is -2.29. The van der Waals surface area contributed by atoms with Crippen LogP contribution in [0.4, 0.5) is 15.4 Å². The third kappa shape index (κ3) is 5.08. The first-order chi connectivity index (χ1) is 11.1. The van der Waals surface area contributed by atoms with Gasteiger partial charge in [0.15, 0.2) is 5.82 Å².